The van der Waals surface area contributed by atoms with Gasteiger partial charge in [-0.05, 0) is 131 Å². The number of amides is 2. The molecule has 3 aromatic rings. The van der Waals surface area contributed by atoms with Gasteiger partial charge < -0.3 is 24.4 Å². The summed E-state index contributed by atoms with van der Waals surface area (Å²) in [6, 6.07) is 10.9. The first-order chi connectivity index (χ1) is 23.6. The number of halogens is 2. The maximum atomic E-state index is 16.6. The van der Waals surface area contributed by atoms with Crippen LogP contribution in [0.4, 0.5) is 13.6 Å². The van der Waals surface area contributed by atoms with E-state index in [-0.39, 0.29) is 17.0 Å². The Bertz CT molecular complexity index is 1810. The smallest absolute Gasteiger partial charge is 0.407 e. The molecule has 6 rings (SSSR count). The second-order valence-electron chi connectivity index (χ2n) is 14.5. The van der Waals surface area contributed by atoms with E-state index in [1.165, 1.54) is 36.3 Å². The Labute approximate surface area is 291 Å². The topological polar surface area (TPSA) is 123 Å². The number of nitrogens with zero attached hydrogens (tertiary/aromatic N) is 1. The molecule has 3 fully saturated rings. The van der Waals surface area contributed by atoms with Gasteiger partial charge in [0, 0.05) is 23.7 Å². The fourth-order valence-electron chi connectivity index (χ4n) is 7.40. The van der Waals surface area contributed by atoms with Crippen LogP contribution in [-0.2, 0) is 25.5 Å². The zero-order valence-corrected chi connectivity index (χ0v) is 29.6. The average Bonchev–Trinajstić information content (AvgIpc) is 3.67. The number of benzene rings is 3. The molecule has 0 spiro atoms. The standard InChI is InChI=1S/C37H45F2N3O7S/c1-36(2,3)49-35(44)40-26-21-27-13-14-28(22-26)42(27)34(43)33(37(38,39)25-11-16-29(47-4)17-12-25)41-50(45,46)32-18-10-23-19-31(15-9-24(23)20-32)48-30-7-5-6-8-30/h9-12,15-20,26-28,30,33,41H,5-8,13-14,21-22H2,1-4H3,(H,40,44). The summed E-state index contributed by atoms with van der Waals surface area (Å²) in [5.74, 6) is -3.95. The molecule has 3 unspecified atom stereocenters. The number of rotatable bonds is 10. The van der Waals surface area contributed by atoms with Gasteiger partial charge in [0.2, 0.25) is 15.9 Å². The Morgan fingerprint density at radius 1 is 0.860 bits per heavy atom. The minimum Gasteiger partial charge on any atom is -0.497 e. The molecule has 2 saturated heterocycles. The van der Waals surface area contributed by atoms with Crippen LogP contribution in [0.3, 0.4) is 0 Å². The van der Waals surface area contributed by atoms with Gasteiger partial charge in [-0.25, -0.2) is 13.2 Å². The molecule has 2 bridgehead atoms. The third kappa shape index (κ3) is 7.83. The van der Waals surface area contributed by atoms with E-state index in [2.05, 4.69) is 10.0 Å². The zero-order valence-electron chi connectivity index (χ0n) is 28.8. The largest absolute Gasteiger partial charge is 0.497 e. The summed E-state index contributed by atoms with van der Waals surface area (Å²) in [5, 5.41) is 4.16. The molecule has 1 saturated carbocycles. The van der Waals surface area contributed by atoms with Crippen molar-refractivity contribution in [2.24, 2.45) is 0 Å². The molecule has 50 heavy (non-hydrogen) atoms. The number of nitrogens with one attached hydrogen (secondary N) is 2. The summed E-state index contributed by atoms with van der Waals surface area (Å²) in [4.78, 5) is 27.9. The summed E-state index contributed by atoms with van der Waals surface area (Å²) in [6.45, 7) is 5.26. The van der Waals surface area contributed by atoms with E-state index in [0.29, 0.717) is 42.6 Å². The normalized spacial score (nSPS) is 22.0. The number of hydrogen-bond donors (Lipinski definition) is 2. The van der Waals surface area contributed by atoms with Crippen LogP contribution in [0.1, 0.15) is 77.7 Å². The average molecular weight is 714 g/mol. The third-order valence-corrected chi connectivity index (χ3v) is 11.2. The summed E-state index contributed by atoms with van der Waals surface area (Å²) in [6.07, 6.45) is 5.51. The maximum Gasteiger partial charge on any atom is 0.407 e. The molecule has 2 heterocycles. The predicted octanol–water partition coefficient (Wildman–Crippen LogP) is 6.66. The quantitative estimate of drug-likeness (QED) is 0.241. The Hall–Kier alpha value is -3.97. The van der Waals surface area contributed by atoms with Gasteiger partial charge in [-0.1, -0.05) is 12.1 Å². The highest BCUT2D eigenvalue weighted by Crippen LogP contribution is 2.41. The number of sulfonamides is 1. The van der Waals surface area contributed by atoms with Gasteiger partial charge in [0.1, 0.15) is 17.1 Å². The lowest BCUT2D eigenvalue weighted by Crippen LogP contribution is -2.61. The van der Waals surface area contributed by atoms with E-state index in [4.69, 9.17) is 14.2 Å². The molecule has 0 radical (unpaired) electrons. The van der Waals surface area contributed by atoms with Gasteiger partial charge in [0.15, 0.2) is 6.04 Å². The van der Waals surface area contributed by atoms with E-state index < -0.39 is 57.2 Å². The van der Waals surface area contributed by atoms with Crippen LogP contribution in [0.15, 0.2) is 65.6 Å². The van der Waals surface area contributed by atoms with Crippen molar-refractivity contribution in [2.75, 3.05) is 7.11 Å². The van der Waals surface area contributed by atoms with Gasteiger partial charge in [0.05, 0.1) is 18.1 Å². The van der Waals surface area contributed by atoms with Crippen LogP contribution in [0.2, 0.25) is 0 Å². The molecule has 0 aromatic heterocycles. The van der Waals surface area contributed by atoms with Crippen LogP contribution >= 0.6 is 0 Å². The molecule has 2 amide bonds. The van der Waals surface area contributed by atoms with E-state index in [0.717, 1.165) is 43.2 Å². The van der Waals surface area contributed by atoms with Crippen molar-refractivity contribution in [3.8, 4) is 11.5 Å². The lowest BCUT2D eigenvalue weighted by Gasteiger charge is -2.42. The molecule has 3 aliphatic rings. The fraction of sp³-hybridized carbons (Fsp3) is 0.514. The molecule has 3 atom stereocenters. The molecule has 1 aliphatic carbocycles. The molecule has 2 N–H and O–H groups in total. The number of methoxy groups -OCH3 is 1. The Morgan fingerprint density at radius 3 is 2.08 bits per heavy atom. The monoisotopic (exact) mass is 713 g/mol. The number of alkyl carbamates (subject to hydrolysis) is 1. The second kappa shape index (κ2) is 14.0. The van der Waals surface area contributed by atoms with Gasteiger partial charge >= 0.3 is 6.09 Å². The molecule has 3 aromatic carbocycles. The molecular weight excluding hydrogens is 668 g/mol. The van der Waals surface area contributed by atoms with E-state index in [1.807, 2.05) is 6.07 Å². The molecule has 270 valence electrons. The summed E-state index contributed by atoms with van der Waals surface area (Å²) in [7, 11) is -3.23. The van der Waals surface area contributed by atoms with Gasteiger partial charge in [0.25, 0.3) is 5.92 Å². The van der Waals surface area contributed by atoms with Crippen molar-refractivity contribution in [1.29, 1.82) is 0 Å². The van der Waals surface area contributed by atoms with Crippen molar-refractivity contribution >= 4 is 32.8 Å². The SMILES string of the molecule is COc1ccc(C(F)(F)C(NS(=O)(=O)c2ccc3cc(OC4CCCC4)ccc3c2)C(=O)N2C3CCC2CC(NC(=O)OC(C)(C)C)C3)cc1. The molecule has 2 aliphatic heterocycles. The predicted molar refractivity (Wildman–Crippen MR) is 184 cm³/mol. The molecule has 13 heteroatoms. The van der Waals surface area contributed by atoms with Crippen LogP contribution < -0.4 is 19.5 Å². The minimum absolute atomic E-state index is 0.153. The molecular formula is C37H45F2N3O7S. The van der Waals surface area contributed by atoms with Crippen molar-refractivity contribution in [3.63, 3.8) is 0 Å². The number of alkyl halides is 2. The number of piperidine rings is 1. The second-order valence-corrected chi connectivity index (χ2v) is 16.3. The van der Waals surface area contributed by atoms with Crippen molar-refractivity contribution in [2.45, 2.75) is 119 Å². The summed E-state index contributed by atoms with van der Waals surface area (Å²) in [5.41, 5.74) is -1.24. The zero-order chi connectivity index (χ0) is 35.8. The minimum atomic E-state index is -4.63. The van der Waals surface area contributed by atoms with Crippen molar-refractivity contribution in [3.05, 3.63) is 66.2 Å². The number of carbonyl (C=O) groups excluding carboxylic acids is 2. The highest BCUT2D eigenvalue weighted by Gasteiger charge is 2.54. The van der Waals surface area contributed by atoms with Crippen molar-refractivity contribution in [1.82, 2.24) is 14.9 Å². The van der Waals surface area contributed by atoms with Crippen LogP contribution in [-0.4, -0.2) is 68.3 Å². The maximum absolute atomic E-state index is 16.6. The van der Waals surface area contributed by atoms with Gasteiger partial charge in [-0.2, -0.15) is 13.5 Å². The highest BCUT2D eigenvalue weighted by atomic mass is 32.2. The fourth-order valence-corrected chi connectivity index (χ4v) is 8.63. The molecule has 10 nitrogen and oxygen atoms in total. The summed E-state index contributed by atoms with van der Waals surface area (Å²) < 4.78 is 79.6. The Balaban J connectivity index is 1.27. The number of hydrogen-bond acceptors (Lipinski definition) is 7. The van der Waals surface area contributed by atoms with Crippen LogP contribution in [0, 0.1) is 0 Å². The first kappa shape index (κ1) is 35.8. The highest BCUT2D eigenvalue weighted by molar-refractivity contribution is 7.89. The first-order valence-corrected chi connectivity index (χ1v) is 18.7. The lowest BCUT2D eigenvalue weighted by atomic mass is 9.94. The van der Waals surface area contributed by atoms with Crippen LogP contribution in [0.5, 0.6) is 11.5 Å². The van der Waals surface area contributed by atoms with E-state index in [1.54, 1.807) is 39.0 Å². The van der Waals surface area contributed by atoms with Crippen molar-refractivity contribution < 1.29 is 41.0 Å². The number of ether oxygens (including phenoxy) is 3. The summed E-state index contributed by atoms with van der Waals surface area (Å²) >= 11 is 0. The van der Waals surface area contributed by atoms with E-state index >= 15 is 8.78 Å². The van der Waals surface area contributed by atoms with Gasteiger partial charge in [-0.15, -0.1) is 0 Å². The number of carbonyl (C=O) groups is 2. The first-order valence-electron chi connectivity index (χ1n) is 17.2. The Kier molecular flexibility index (Phi) is 10.0. The Morgan fingerprint density at radius 2 is 1.46 bits per heavy atom. The van der Waals surface area contributed by atoms with Crippen LogP contribution in [0.25, 0.3) is 10.8 Å². The van der Waals surface area contributed by atoms with E-state index in [9.17, 15) is 18.0 Å². The third-order valence-electron chi connectivity index (χ3n) is 9.76. The lowest BCUT2D eigenvalue weighted by molar-refractivity contribution is -0.149. The van der Waals surface area contributed by atoms with Gasteiger partial charge in [-0.3, -0.25) is 4.79 Å². The number of fused-ring (bicyclic) bond motifs is 3.